The van der Waals surface area contributed by atoms with Gasteiger partial charge < -0.3 is 20.1 Å². The molecule has 2 amide bonds. The highest BCUT2D eigenvalue weighted by Crippen LogP contribution is 2.31. The van der Waals surface area contributed by atoms with Gasteiger partial charge in [-0.05, 0) is 74.2 Å². The highest BCUT2D eigenvalue weighted by atomic mass is 16.6. The fourth-order valence-electron chi connectivity index (χ4n) is 4.10. The first-order chi connectivity index (χ1) is 18.8. The molecule has 0 atom stereocenters. The summed E-state index contributed by atoms with van der Waals surface area (Å²) in [6.07, 6.45) is 0. The van der Waals surface area contributed by atoms with Crippen LogP contribution in [0, 0.1) is 0 Å². The number of amides is 2. The smallest absolute Gasteiger partial charge is 0.360 e. The van der Waals surface area contributed by atoms with Crippen molar-refractivity contribution < 1.29 is 23.9 Å². The Kier molecular flexibility index (Phi) is 7.68. The summed E-state index contributed by atoms with van der Waals surface area (Å²) in [6.45, 7) is 11.7. The quantitative estimate of drug-likeness (QED) is 0.245. The lowest BCUT2D eigenvalue weighted by molar-refractivity contribution is 0.00648. The average molecular weight is 543 g/mol. The number of nitrogens with zero attached hydrogens (tertiary/aromatic N) is 1. The summed E-state index contributed by atoms with van der Waals surface area (Å²) in [7, 11) is 1.47. The Bertz CT molecular complexity index is 1570. The van der Waals surface area contributed by atoms with Gasteiger partial charge in [-0.2, -0.15) is 5.10 Å². The molecule has 0 unspecified atom stereocenters. The summed E-state index contributed by atoms with van der Waals surface area (Å²) in [4.78, 5) is 39.0. The molecule has 1 heterocycles. The van der Waals surface area contributed by atoms with Crippen molar-refractivity contribution in [2.45, 2.75) is 52.6 Å². The van der Waals surface area contributed by atoms with E-state index in [1.165, 1.54) is 7.11 Å². The first kappa shape index (κ1) is 28.4. The van der Waals surface area contributed by atoms with Gasteiger partial charge in [0.15, 0.2) is 5.69 Å². The van der Waals surface area contributed by atoms with E-state index in [0.29, 0.717) is 27.9 Å². The number of hydrogen-bond donors (Lipinski definition) is 3. The summed E-state index contributed by atoms with van der Waals surface area (Å²) < 4.78 is 10.9. The Hall–Kier alpha value is -4.66. The van der Waals surface area contributed by atoms with E-state index in [1.807, 2.05) is 12.1 Å². The highest BCUT2D eigenvalue weighted by molar-refractivity contribution is 6.14. The normalized spacial score (nSPS) is 11.7. The second-order valence-electron chi connectivity index (χ2n) is 11.5. The first-order valence-electron chi connectivity index (χ1n) is 12.9. The zero-order chi connectivity index (χ0) is 29.2. The molecule has 1 aromatic heterocycles. The van der Waals surface area contributed by atoms with Gasteiger partial charge in [0.05, 0.1) is 23.9 Å². The Labute approximate surface area is 233 Å². The number of aromatic nitrogens is 2. The number of fused-ring (bicyclic) bond motifs is 1. The molecule has 9 nitrogen and oxygen atoms in total. The van der Waals surface area contributed by atoms with Crippen LogP contribution >= 0.6 is 0 Å². The summed E-state index contributed by atoms with van der Waals surface area (Å²) >= 11 is 0. The van der Waals surface area contributed by atoms with Crippen molar-refractivity contribution in [3.8, 4) is 5.75 Å². The molecule has 0 aliphatic rings. The van der Waals surface area contributed by atoms with Crippen molar-refractivity contribution in [2.24, 2.45) is 0 Å². The van der Waals surface area contributed by atoms with Crippen LogP contribution in [-0.2, 0) is 10.2 Å². The van der Waals surface area contributed by atoms with Crippen LogP contribution < -0.4 is 15.4 Å². The third-order valence-corrected chi connectivity index (χ3v) is 6.16. The third-order valence-electron chi connectivity index (χ3n) is 6.16. The number of H-pyrrole nitrogens is 1. The molecule has 9 heteroatoms. The Morgan fingerprint density at radius 1 is 0.850 bits per heavy atom. The van der Waals surface area contributed by atoms with E-state index in [-0.39, 0.29) is 28.3 Å². The van der Waals surface area contributed by atoms with Crippen molar-refractivity contribution in [1.29, 1.82) is 0 Å². The third kappa shape index (κ3) is 6.31. The Morgan fingerprint density at radius 2 is 1.55 bits per heavy atom. The number of para-hydroxylation sites is 1. The minimum Gasteiger partial charge on any atom is -0.495 e. The van der Waals surface area contributed by atoms with Crippen molar-refractivity contribution >= 4 is 40.1 Å². The number of ether oxygens (including phenoxy) is 2. The molecule has 4 aromatic rings. The van der Waals surface area contributed by atoms with E-state index >= 15 is 0 Å². The molecule has 4 rings (SSSR count). The van der Waals surface area contributed by atoms with Gasteiger partial charge in [-0.15, -0.1) is 0 Å². The number of benzene rings is 3. The van der Waals surface area contributed by atoms with Crippen LogP contribution in [-0.4, -0.2) is 40.7 Å². The number of methoxy groups -OCH3 is 1. The van der Waals surface area contributed by atoms with Gasteiger partial charge in [-0.3, -0.25) is 14.7 Å². The molecule has 0 spiro atoms. The fourth-order valence-corrected chi connectivity index (χ4v) is 4.10. The van der Waals surface area contributed by atoms with Gasteiger partial charge in [0.25, 0.3) is 11.8 Å². The van der Waals surface area contributed by atoms with Gasteiger partial charge in [0.2, 0.25) is 0 Å². The minimum absolute atomic E-state index is 0.0422. The predicted octanol–water partition coefficient (Wildman–Crippen LogP) is 6.33. The van der Waals surface area contributed by atoms with Gasteiger partial charge in [0, 0.05) is 16.6 Å². The first-order valence-corrected chi connectivity index (χ1v) is 12.9. The number of carbonyl (C=O) groups excluding carboxylic acids is 3. The van der Waals surface area contributed by atoms with Crippen LogP contribution in [0.25, 0.3) is 10.9 Å². The highest BCUT2D eigenvalue weighted by Gasteiger charge is 2.23. The number of hydrogen-bond acceptors (Lipinski definition) is 6. The molecule has 0 aliphatic carbocycles. The summed E-state index contributed by atoms with van der Waals surface area (Å²) in [5.74, 6) is -1.02. The SMILES string of the molecule is COc1cccc(C(=O)Nc2ccc3c(C(=O)OC(C)(C)C)n[nH]c3c2)c1NC(=O)c1ccc(C(C)(C)C)cc1. The lowest BCUT2D eigenvalue weighted by Crippen LogP contribution is -2.24. The van der Waals surface area contributed by atoms with Crippen LogP contribution in [0.5, 0.6) is 5.75 Å². The molecule has 208 valence electrons. The number of carbonyl (C=O) groups is 3. The molecule has 3 aromatic carbocycles. The van der Waals surface area contributed by atoms with Crippen LogP contribution in [0.4, 0.5) is 11.4 Å². The Morgan fingerprint density at radius 3 is 2.17 bits per heavy atom. The number of rotatable bonds is 6. The maximum absolute atomic E-state index is 13.4. The molecule has 0 saturated heterocycles. The second-order valence-corrected chi connectivity index (χ2v) is 11.5. The van der Waals surface area contributed by atoms with Crippen LogP contribution in [0.15, 0.2) is 60.7 Å². The van der Waals surface area contributed by atoms with Crippen LogP contribution in [0.2, 0.25) is 0 Å². The topological polar surface area (TPSA) is 122 Å². The van der Waals surface area contributed by atoms with Gasteiger partial charge in [-0.1, -0.05) is 39.0 Å². The molecule has 0 bridgehead atoms. The van der Waals surface area contributed by atoms with Crippen molar-refractivity contribution in [3.63, 3.8) is 0 Å². The number of nitrogens with one attached hydrogen (secondary N) is 3. The summed E-state index contributed by atoms with van der Waals surface area (Å²) in [6, 6.07) is 17.3. The minimum atomic E-state index is -0.657. The van der Waals surface area contributed by atoms with Gasteiger partial charge >= 0.3 is 5.97 Å². The zero-order valence-electron chi connectivity index (χ0n) is 23.8. The van der Waals surface area contributed by atoms with E-state index in [1.54, 1.807) is 69.3 Å². The van der Waals surface area contributed by atoms with Gasteiger partial charge in [0.1, 0.15) is 11.4 Å². The molecule has 0 saturated carbocycles. The monoisotopic (exact) mass is 542 g/mol. The van der Waals surface area contributed by atoms with Crippen molar-refractivity contribution in [3.05, 3.63) is 83.0 Å². The molecule has 0 aliphatic heterocycles. The number of anilines is 2. The van der Waals surface area contributed by atoms with Crippen LogP contribution in [0.3, 0.4) is 0 Å². The van der Waals surface area contributed by atoms with Crippen molar-refractivity contribution in [2.75, 3.05) is 17.7 Å². The van der Waals surface area contributed by atoms with E-state index in [0.717, 1.165) is 5.56 Å². The zero-order valence-corrected chi connectivity index (χ0v) is 23.8. The van der Waals surface area contributed by atoms with E-state index in [2.05, 4.69) is 41.6 Å². The molecular weight excluding hydrogens is 508 g/mol. The van der Waals surface area contributed by atoms with Gasteiger partial charge in [-0.25, -0.2) is 4.79 Å². The number of esters is 1. The average Bonchev–Trinajstić information content (AvgIpc) is 3.31. The maximum atomic E-state index is 13.4. The molecule has 3 N–H and O–H groups in total. The lowest BCUT2D eigenvalue weighted by atomic mass is 9.86. The lowest BCUT2D eigenvalue weighted by Gasteiger charge is -2.19. The fraction of sp³-hybridized carbons (Fsp3) is 0.290. The van der Waals surface area contributed by atoms with Crippen molar-refractivity contribution in [1.82, 2.24) is 10.2 Å². The largest absolute Gasteiger partial charge is 0.495 e. The predicted molar refractivity (Wildman–Crippen MR) is 155 cm³/mol. The molecular formula is C31H34N4O5. The molecule has 0 fully saturated rings. The molecule has 40 heavy (non-hydrogen) atoms. The van der Waals surface area contributed by atoms with Crippen LogP contribution in [0.1, 0.15) is 78.3 Å². The molecule has 0 radical (unpaired) electrons. The van der Waals surface area contributed by atoms with E-state index in [9.17, 15) is 14.4 Å². The summed E-state index contributed by atoms with van der Waals surface area (Å²) in [5, 5.41) is 13.2. The second kappa shape index (κ2) is 10.8. The standard InChI is InChI=1S/C31H34N4O5/c1-30(2,3)19-13-11-18(12-14-19)27(36)33-25-22(9-8-10-24(25)39-7)28(37)32-20-15-16-21-23(17-20)34-35-26(21)29(38)40-31(4,5)6/h8-17H,1-7H3,(H,32,37)(H,33,36)(H,34,35). The Balaban J connectivity index is 1.57. The van der Waals surface area contributed by atoms with E-state index in [4.69, 9.17) is 9.47 Å². The maximum Gasteiger partial charge on any atom is 0.360 e. The number of aromatic amines is 1. The van der Waals surface area contributed by atoms with E-state index < -0.39 is 17.5 Å². The summed E-state index contributed by atoms with van der Waals surface area (Å²) in [5.41, 5.74) is 2.52.